The predicted octanol–water partition coefficient (Wildman–Crippen LogP) is 9.27. The molecule has 0 fully saturated rings. The van der Waals surface area contributed by atoms with Gasteiger partial charge < -0.3 is 29.9 Å². The molecule has 4 N–H and O–H groups in total. The summed E-state index contributed by atoms with van der Waals surface area (Å²) in [5.74, 6) is 0.414. The first kappa shape index (κ1) is 61.5. The van der Waals surface area contributed by atoms with E-state index in [9.17, 15) is 33.7 Å². The number of hydrogen-bond donors (Lipinski definition) is 4. The van der Waals surface area contributed by atoms with Crippen molar-refractivity contribution in [3.8, 4) is 45.6 Å². The molecule has 2 aliphatic rings. The smallest absolute Gasteiger partial charge is 0.357 e. The minimum absolute atomic E-state index is 0. The zero-order valence-electron chi connectivity index (χ0n) is 46.2. The van der Waals surface area contributed by atoms with Crippen molar-refractivity contribution in [2.45, 2.75) is 138 Å². The molecule has 0 amide bonds. The summed E-state index contributed by atoms with van der Waals surface area (Å²) in [6.07, 6.45) is 10.0. The van der Waals surface area contributed by atoms with Crippen molar-refractivity contribution < 1.29 is 50.7 Å². The Labute approximate surface area is 485 Å². The van der Waals surface area contributed by atoms with Gasteiger partial charge in [0.15, 0.2) is 0 Å². The number of sulfonamides is 4. The Morgan fingerprint density at radius 2 is 0.704 bits per heavy atom. The van der Waals surface area contributed by atoms with Crippen LogP contribution in [-0.2, 0) is 57.2 Å². The molecule has 4 aromatic carbocycles. The fourth-order valence-corrected chi connectivity index (χ4v) is 14.2. The van der Waals surface area contributed by atoms with Crippen molar-refractivity contribution in [1.29, 1.82) is 0 Å². The summed E-state index contributed by atoms with van der Waals surface area (Å²) in [6, 6.07) is 17.9. The molecule has 0 spiro atoms. The standard InChI is InChI=1S/C56H68N12O8S4.Cu/c1-7-13-17-35(11-5)33-59-79(73,74)39-21-25-43-47(31-39)55-65-49-41-23-19-37(77(69,70)57-27-15-9-3)29-45(41)54(61-49)64-52-44-26-22-40(80(75,76)60-34-36(12-6)18-14-8-2)32-48(44)56(68-52)66-50-42-24-20-38(78(71,72)58-28-16-10-4)30-46(42)53(62-50)63-51(43)67-55;/h19-26,29-32,35-36,57-60H,7-18,27-28,33-34H2,1-6H3;/q-2;+2. The first-order chi connectivity index (χ1) is 38.3. The van der Waals surface area contributed by atoms with Crippen LogP contribution in [0.1, 0.15) is 119 Å². The van der Waals surface area contributed by atoms with Gasteiger partial charge in [-0.25, -0.2) is 62.5 Å². The van der Waals surface area contributed by atoms with Crippen LogP contribution in [0.15, 0.2) is 92.4 Å². The molecule has 20 nitrogen and oxygen atoms in total. The summed E-state index contributed by atoms with van der Waals surface area (Å²) in [4.78, 5) is 39.3. The van der Waals surface area contributed by atoms with E-state index in [0.29, 0.717) is 34.7 Å². The summed E-state index contributed by atoms with van der Waals surface area (Å²) >= 11 is 0. The molecular weight excluding hydrogens is 1160 g/mol. The maximum absolute atomic E-state index is 14.1. The Morgan fingerprint density at radius 3 is 1.06 bits per heavy atom. The van der Waals surface area contributed by atoms with Crippen molar-refractivity contribution in [2.24, 2.45) is 11.8 Å². The predicted molar refractivity (Wildman–Crippen MR) is 311 cm³/mol. The van der Waals surface area contributed by atoms with E-state index in [1.54, 1.807) is 24.3 Å². The molecule has 1 radical (unpaired) electrons. The first-order valence-electron chi connectivity index (χ1n) is 27.6. The van der Waals surface area contributed by atoms with Gasteiger partial charge >= 0.3 is 17.1 Å². The number of nitrogens with zero attached hydrogens (tertiary/aromatic N) is 8. The van der Waals surface area contributed by atoms with Crippen LogP contribution < -0.4 is 28.9 Å². The van der Waals surface area contributed by atoms with E-state index in [1.165, 1.54) is 48.5 Å². The molecule has 435 valence electrons. The average Bonchev–Trinajstić information content (AvgIpc) is 4.38. The second-order valence-electron chi connectivity index (χ2n) is 20.4. The van der Waals surface area contributed by atoms with Gasteiger partial charge in [0.25, 0.3) is 0 Å². The first-order valence-corrected chi connectivity index (χ1v) is 33.5. The van der Waals surface area contributed by atoms with Gasteiger partial charge in [-0.1, -0.05) is 117 Å². The molecule has 2 unspecified atom stereocenters. The van der Waals surface area contributed by atoms with Crippen molar-refractivity contribution in [3.63, 3.8) is 0 Å². The number of aromatic nitrogens is 8. The maximum atomic E-state index is 14.1. The van der Waals surface area contributed by atoms with Crippen LogP contribution in [0, 0.1) is 11.8 Å². The topological polar surface area (TPSA) is 290 Å². The molecule has 25 heteroatoms. The maximum Gasteiger partial charge on any atom is 2.00 e. The Hall–Kier alpha value is -5.60. The van der Waals surface area contributed by atoms with E-state index in [0.717, 1.165) is 64.2 Å². The molecule has 2 aliphatic heterocycles. The van der Waals surface area contributed by atoms with Gasteiger partial charge in [-0.15, -0.1) is 0 Å². The van der Waals surface area contributed by atoms with Gasteiger partial charge in [0.2, 0.25) is 40.1 Å². The van der Waals surface area contributed by atoms with Gasteiger partial charge in [0, 0.05) is 71.0 Å². The van der Waals surface area contributed by atoms with Gasteiger partial charge in [-0.05, 0) is 108 Å². The molecule has 3 aromatic heterocycles. The number of rotatable bonds is 26. The van der Waals surface area contributed by atoms with Crippen LogP contribution >= 0.6 is 0 Å². The van der Waals surface area contributed by atoms with Crippen molar-refractivity contribution in [3.05, 3.63) is 72.8 Å². The van der Waals surface area contributed by atoms with E-state index in [2.05, 4.69) is 32.7 Å². The SMILES string of the molecule is CCCCNS(=O)(=O)c1ccc2c3nc4nc(nc5[n-]c(nc6nc(nc([n-]3)c2c1)-c1ccc(S(=O)(=O)NCC(CC)CCCC)cc1-6)c1ccc(S(=O)(=O)NCCCC)cc51)-c1ccc(S(=O)(=O)NCC(CC)CCCC)cc1-4.[Cu+2]. The fraction of sp³-hybridized carbons (Fsp3) is 0.429. The summed E-state index contributed by atoms with van der Waals surface area (Å²) in [5, 5.41) is 1.31. The Balaban J connectivity index is 0.00000860. The van der Waals surface area contributed by atoms with Crippen LogP contribution in [0.25, 0.3) is 89.7 Å². The molecule has 5 heterocycles. The summed E-state index contributed by atoms with van der Waals surface area (Å²) in [7, 11) is -16.2. The van der Waals surface area contributed by atoms with Crippen molar-refractivity contribution in [1.82, 2.24) is 58.8 Å². The molecule has 8 bridgehead atoms. The van der Waals surface area contributed by atoms with Crippen molar-refractivity contribution in [2.75, 3.05) is 26.2 Å². The van der Waals surface area contributed by atoms with Crippen LogP contribution in [0.2, 0.25) is 0 Å². The van der Waals surface area contributed by atoms with E-state index in [-0.39, 0.29) is 142 Å². The summed E-state index contributed by atoms with van der Waals surface area (Å²) < 4.78 is 122. The normalized spacial score (nSPS) is 13.5. The van der Waals surface area contributed by atoms with Gasteiger partial charge in [-0.2, -0.15) is 0 Å². The Bertz CT molecular complexity index is 3860. The van der Waals surface area contributed by atoms with E-state index in [4.69, 9.17) is 39.9 Å². The number of benzene rings is 4. The summed E-state index contributed by atoms with van der Waals surface area (Å²) in [6.45, 7) is 13.1. The van der Waals surface area contributed by atoms with E-state index in [1.807, 2.05) is 27.7 Å². The third kappa shape index (κ3) is 13.4. The quantitative estimate of drug-likeness (QED) is 0.0290. The van der Waals surface area contributed by atoms with Crippen LogP contribution in [0.5, 0.6) is 0 Å². The summed E-state index contributed by atoms with van der Waals surface area (Å²) in [5.41, 5.74) is 1.46. The average molecular weight is 1230 g/mol. The minimum Gasteiger partial charge on any atom is -0.357 e. The molecule has 0 saturated carbocycles. The third-order valence-corrected chi connectivity index (χ3v) is 20.4. The number of fused-ring (bicyclic) bond motifs is 20. The molecular formula is C56H68CuN12O8S4. The molecule has 7 aromatic rings. The third-order valence-electron chi connectivity index (χ3n) is 14.7. The largest absolute Gasteiger partial charge is 2.00 e. The molecule has 0 saturated heterocycles. The van der Waals surface area contributed by atoms with Gasteiger partial charge in [-0.3, -0.25) is 0 Å². The van der Waals surface area contributed by atoms with E-state index >= 15 is 0 Å². The fourth-order valence-electron chi connectivity index (χ4n) is 9.69. The monoisotopic (exact) mass is 1230 g/mol. The molecule has 0 aliphatic carbocycles. The Morgan fingerprint density at radius 1 is 0.383 bits per heavy atom. The van der Waals surface area contributed by atoms with E-state index < -0.39 is 40.1 Å². The second-order valence-corrected chi connectivity index (χ2v) is 27.4. The van der Waals surface area contributed by atoms with Crippen molar-refractivity contribution >= 4 is 84.2 Å². The van der Waals surface area contributed by atoms with Gasteiger partial charge in [0.1, 0.15) is 0 Å². The zero-order chi connectivity index (χ0) is 57.0. The second kappa shape index (κ2) is 25.9. The zero-order valence-corrected chi connectivity index (χ0v) is 50.4. The number of unbranched alkanes of at least 4 members (excludes halogenated alkanes) is 4. The van der Waals surface area contributed by atoms with Crippen LogP contribution in [-0.4, -0.2) is 89.8 Å². The van der Waals surface area contributed by atoms with Crippen LogP contribution in [0.4, 0.5) is 0 Å². The Kier molecular flexibility index (Phi) is 19.7. The number of nitrogens with one attached hydrogen (secondary N) is 4. The van der Waals surface area contributed by atoms with Crippen LogP contribution in [0.3, 0.4) is 0 Å². The van der Waals surface area contributed by atoms with Gasteiger partial charge in [0.05, 0.1) is 42.9 Å². The molecule has 81 heavy (non-hydrogen) atoms. The molecule has 9 rings (SSSR count). The number of hydrogen-bond acceptors (Lipinski definition) is 14. The minimum atomic E-state index is -4.07. The molecule has 2 atom stereocenters.